The summed E-state index contributed by atoms with van der Waals surface area (Å²) in [4.78, 5) is 2.45. The van der Waals surface area contributed by atoms with Gasteiger partial charge in [0.2, 0.25) is 0 Å². The van der Waals surface area contributed by atoms with E-state index in [0.29, 0.717) is 12.5 Å². The Morgan fingerprint density at radius 2 is 1.94 bits per heavy atom. The molecule has 0 atom stereocenters. The van der Waals surface area contributed by atoms with E-state index in [-0.39, 0.29) is 0 Å². The van der Waals surface area contributed by atoms with Gasteiger partial charge in [-0.25, -0.2) is 0 Å². The van der Waals surface area contributed by atoms with E-state index in [1.165, 1.54) is 16.8 Å². The number of nitrogens with zero attached hydrogens (tertiary/aromatic N) is 1. The Morgan fingerprint density at radius 3 is 2.50 bits per heavy atom. The fraction of sp³-hybridized carbons (Fsp3) is 0.571. The van der Waals surface area contributed by atoms with Crippen LogP contribution in [0.25, 0.3) is 0 Å². The Labute approximate surface area is 97.9 Å². The molecule has 2 rings (SSSR count). The predicted octanol–water partition coefficient (Wildman–Crippen LogP) is 2.51. The van der Waals surface area contributed by atoms with Gasteiger partial charge in [0.1, 0.15) is 0 Å². The van der Waals surface area contributed by atoms with E-state index in [0.717, 1.165) is 25.9 Å². The lowest BCUT2D eigenvalue weighted by Gasteiger charge is -2.33. The molecule has 1 aromatic carbocycles. The second-order valence-corrected chi connectivity index (χ2v) is 4.90. The minimum Gasteiger partial charge on any atom is -0.396 e. The molecular weight excluding hydrogens is 198 g/mol. The van der Waals surface area contributed by atoms with Crippen LogP contribution in [0.5, 0.6) is 0 Å². The van der Waals surface area contributed by atoms with Gasteiger partial charge in [-0.05, 0) is 44.2 Å². The summed E-state index contributed by atoms with van der Waals surface area (Å²) >= 11 is 0. The number of rotatable bonds is 2. The van der Waals surface area contributed by atoms with Crippen molar-refractivity contribution >= 4 is 5.69 Å². The largest absolute Gasteiger partial charge is 0.396 e. The van der Waals surface area contributed by atoms with E-state index in [1.807, 2.05) is 0 Å². The molecule has 0 radical (unpaired) electrons. The molecule has 2 heteroatoms. The second-order valence-electron chi connectivity index (χ2n) is 4.90. The Morgan fingerprint density at radius 1 is 1.25 bits per heavy atom. The van der Waals surface area contributed by atoms with Crippen molar-refractivity contribution in [3.05, 3.63) is 29.3 Å². The van der Waals surface area contributed by atoms with Crippen molar-refractivity contribution in [1.29, 1.82) is 0 Å². The molecular formula is C14H21NO. The molecule has 0 spiro atoms. The first kappa shape index (κ1) is 11.5. The van der Waals surface area contributed by atoms with Crippen molar-refractivity contribution in [2.45, 2.75) is 26.7 Å². The van der Waals surface area contributed by atoms with Crippen LogP contribution in [-0.2, 0) is 0 Å². The van der Waals surface area contributed by atoms with Gasteiger partial charge in [-0.15, -0.1) is 0 Å². The maximum Gasteiger partial charge on any atom is 0.0460 e. The minimum atomic E-state index is 0.348. The molecule has 1 heterocycles. The number of aliphatic hydroxyl groups is 1. The van der Waals surface area contributed by atoms with Crippen LogP contribution in [0.1, 0.15) is 24.0 Å². The van der Waals surface area contributed by atoms with Gasteiger partial charge >= 0.3 is 0 Å². The lowest BCUT2D eigenvalue weighted by atomic mass is 9.97. The van der Waals surface area contributed by atoms with Gasteiger partial charge in [-0.2, -0.15) is 0 Å². The van der Waals surface area contributed by atoms with Crippen molar-refractivity contribution in [3.63, 3.8) is 0 Å². The van der Waals surface area contributed by atoms with Crippen molar-refractivity contribution in [2.24, 2.45) is 5.92 Å². The molecule has 0 amide bonds. The molecule has 1 aromatic rings. The normalized spacial score (nSPS) is 17.8. The molecule has 1 fully saturated rings. The lowest BCUT2D eigenvalue weighted by Crippen LogP contribution is -2.35. The topological polar surface area (TPSA) is 23.5 Å². The van der Waals surface area contributed by atoms with Gasteiger partial charge < -0.3 is 10.0 Å². The van der Waals surface area contributed by atoms with E-state index in [2.05, 4.69) is 36.9 Å². The second kappa shape index (κ2) is 4.88. The zero-order valence-corrected chi connectivity index (χ0v) is 10.2. The van der Waals surface area contributed by atoms with Crippen LogP contribution in [0.15, 0.2) is 18.2 Å². The average Bonchev–Trinajstić information content (AvgIpc) is 2.29. The van der Waals surface area contributed by atoms with Crippen LogP contribution in [0.3, 0.4) is 0 Å². The van der Waals surface area contributed by atoms with Crippen LogP contribution >= 0.6 is 0 Å². The third kappa shape index (κ3) is 2.38. The van der Waals surface area contributed by atoms with Crippen molar-refractivity contribution in [3.8, 4) is 0 Å². The highest BCUT2D eigenvalue weighted by Crippen LogP contribution is 2.26. The molecule has 1 aliphatic heterocycles. The molecule has 0 unspecified atom stereocenters. The van der Waals surface area contributed by atoms with Gasteiger partial charge in [0.25, 0.3) is 0 Å². The first-order valence-electron chi connectivity index (χ1n) is 6.14. The highest BCUT2D eigenvalue weighted by Gasteiger charge is 2.19. The predicted molar refractivity (Wildman–Crippen MR) is 67.9 cm³/mol. The quantitative estimate of drug-likeness (QED) is 0.826. The third-order valence-corrected chi connectivity index (χ3v) is 3.57. The van der Waals surface area contributed by atoms with Crippen molar-refractivity contribution < 1.29 is 5.11 Å². The Hall–Kier alpha value is -1.02. The van der Waals surface area contributed by atoms with Gasteiger partial charge in [-0.1, -0.05) is 17.7 Å². The van der Waals surface area contributed by atoms with Gasteiger partial charge in [0, 0.05) is 25.4 Å². The van der Waals surface area contributed by atoms with E-state index >= 15 is 0 Å². The Kier molecular flexibility index (Phi) is 3.49. The molecule has 0 bridgehead atoms. The number of benzene rings is 1. The number of anilines is 1. The van der Waals surface area contributed by atoms with Gasteiger partial charge in [0.05, 0.1) is 0 Å². The Balaban J connectivity index is 2.08. The summed E-state index contributed by atoms with van der Waals surface area (Å²) in [6, 6.07) is 6.65. The Bertz CT molecular complexity index is 354. The third-order valence-electron chi connectivity index (χ3n) is 3.57. The summed E-state index contributed by atoms with van der Waals surface area (Å²) in [5.41, 5.74) is 4.05. The molecule has 0 aliphatic carbocycles. The van der Waals surface area contributed by atoms with Crippen LogP contribution in [0, 0.1) is 19.8 Å². The zero-order chi connectivity index (χ0) is 11.5. The van der Waals surface area contributed by atoms with Crippen LogP contribution < -0.4 is 4.90 Å². The standard InChI is InChI=1S/C14H21NO/c1-11-3-4-14(12(2)9-11)15-7-5-13(10-16)6-8-15/h3-4,9,13,16H,5-8,10H2,1-2H3. The van der Waals surface area contributed by atoms with Gasteiger partial charge in [0.15, 0.2) is 0 Å². The fourth-order valence-corrected chi connectivity index (χ4v) is 2.52. The first-order chi connectivity index (χ1) is 7.70. The molecule has 0 aromatic heterocycles. The maximum atomic E-state index is 9.12. The van der Waals surface area contributed by atoms with E-state index in [1.54, 1.807) is 0 Å². The lowest BCUT2D eigenvalue weighted by molar-refractivity contribution is 0.203. The summed E-state index contributed by atoms with van der Waals surface area (Å²) in [7, 11) is 0. The smallest absolute Gasteiger partial charge is 0.0460 e. The molecule has 2 nitrogen and oxygen atoms in total. The summed E-state index contributed by atoms with van der Waals surface area (Å²) < 4.78 is 0. The average molecular weight is 219 g/mol. The minimum absolute atomic E-state index is 0.348. The summed E-state index contributed by atoms with van der Waals surface area (Å²) in [6.07, 6.45) is 2.23. The van der Waals surface area contributed by atoms with E-state index in [4.69, 9.17) is 5.11 Å². The van der Waals surface area contributed by atoms with Crippen LogP contribution in [0.4, 0.5) is 5.69 Å². The van der Waals surface area contributed by atoms with E-state index < -0.39 is 0 Å². The molecule has 1 N–H and O–H groups in total. The highest BCUT2D eigenvalue weighted by atomic mass is 16.3. The molecule has 88 valence electrons. The first-order valence-corrected chi connectivity index (χ1v) is 6.14. The molecule has 1 saturated heterocycles. The molecule has 16 heavy (non-hydrogen) atoms. The van der Waals surface area contributed by atoms with Gasteiger partial charge in [-0.3, -0.25) is 0 Å². The number of aliphatic hydroxyl groups excluding tert-OH is 1. The monoisotopic (exact) mass is 219 g/mol. The molecule has 1 aliphatic rings. The maximum absolute atomic E-state index is 9.12. The summed E-state index contributed by atoms with van der Waals surface area (Å²) in [6.45, 7) is 6.82. The van der Waals surface area contributed by atoms with Crippen LogP contribution in [0.2, 0.25) is 0 Å². The van der Waals surface area contributed by atoms with Crippen molar-refractivity contribution in [1.82, 2.24) is 0 Å². The number of hydrogen-bond donors (Lipinski definition) is 1. The van der Waals surface area contributed by atoms with E-state index in [9.17, 15) is 0 Å². The highest BCUT2D eigenvalue weighted by molar-refractivity contribution is 5.54. The number of hydrogen-bond acceptors (Lipinski definition) is 2. The fourth-order valence-electron chi connectivity index (χ4n) is 2.52. The van der Waals surface area contributed by atoms with Crippen molar-refractivity contribution in [2.75, 3.05) is 24.6 Å². The summed E-state index contributed by atoms with van der Waals surface area (Å²) in [5.74, 6) is 0.516. The zero-order valence-electron chi connectivity index (χ0n) is 10.2. The van der Waals surface area contributed by atoms with Crippen LogP contribution in [-0.4, -0.2) is 24.8 Å². The SMILES string of the molecule is Cc1ccc(N2CCC(CO)CC2)c(C)c1. The number of aryl methyl sites for hydroxylation is 2. The number of piperidine rings is 1. The summed E-state index contributed by atoms with van der Waals surface area (Å²) in [5, 5.41) is 9.12. The molecule has 0 saturated carbocycles.